The molecule has 2 N–H and O–H groups in total. The predicted octanol–water partition coefficient (Wildman–Crippen LogP) is 3.09. The van der Waals surface area contributed by atoms with Crippen molar-refractivity contribution in [3.63, 3.8) is 0 Å². The van der Waals surface area contributed by atoms with Gasteiger partial charge >= 0.3 is 0 Å². The third-order valence-electron chi connectivity index (χ3n) is 3.85. The van der Waals surface area contributed by atoms with E-state index in [0.717, 1.165) is 36.8 Å². The van der Waals surface area contributed by atoms with Gasteiger partial charge in [0.1, 0.15) is 5.75 Å². The predicted molar refractivity (Wildman–Crippen MR) is 103 cm³/mol. The number of ether oxygens (including phenoxy) is 1. The van der Waals surface area contributed by atoms with Crippen molar-refractivity contribution in [2.45, 2.75) is 33.7 Å². The monoisotopic (exact) mass is 340 g/mol. The Morgan fingerprint density at radius 2 is 1.96 bits per heavy atom. The summed E-state index contributed by atoms with van der Waals surface area (Å²) >= 11 is 0. The molecule has 25 heavy (non-hydrogen) atoms. The zero-order valence-corrected chi connectivity index (χ0v) is 15.4. The fourth-order valence-corrected chi connectivity index (χ4v) is 2.54. The van der Waals surface area contributed by atoms with Crippen molar-refractivity contribution in [1.29, 1.82) is 0 Å². The van der Waals surface area contributed by atoms with Crippen LogP contribution in [0.3, 0.4) is 0 Å². The molecule has 2 rings (SSSR count). The summed E-state index contributed by atoms with van der Waals surface area (Å²) in [6.07, 6.45) is 4.68. The molecule has 1 heterocycles. The fourth-order valence-electron chi connectivity index (χ4n) is 2.54. The van der Waals surface area contributed by atoms with Crippen LogP contribution < -0.4 is 15.4 Å². The number of nitrogens with one attached hydrogen (secondary N) is 2. The number of hydrogen-bond donors (Lipinski definition) is 2. The van der Waals surface area contributed by atoms with Crippen molar-refractivity contribution in [1.82, 2.24) is 15.6 Å². The molecule has 0 radical (unpaired) electrons. The number of guanidine groups is 1. The second kappa shape index (κ2) is 10.3. The zero-order chi connectivity index (χ0) is 17.9. The molecule has 0 aliphatic rings. The Hall–Kier alpha value is -2.56. The van der Waals surface area contributed by atoms with Crippen molar-refractivity contribution in [3.05, 3.63) is 59.4 Å². The summed E-state index contributed by atoms with van der Waals surface area (Å²) in [6.45, 7) is 9.04. The van der Waals surface area contributed by atoms with Gasteiger partial charge in [-0.15, -0.1) is 0 Å². The van der Waals surface area contributed by atoms with Gasteiger partial charge in [-0.1, -0.05) is 18.2 Å². The van der Waals surface area contributed by atoms with E-state index in [1.807, 2.05) is 37.5 Å². The Morgan fingerprint density at radius 1 is 1.12 bits per heavy atom. The second-order valence-corrected chi connectivity index (χ2v) is 5.71. The number of benzene rings is 1. The average molecular weight is 340 g/mol. The highest BCUT2D eigenvalue weighted by molar-refractivity contribution is 5.79. The Balaban J connectivity index is 1.95. The quantitative estimate of drug-likeness (QED) is 0.573. The number of para-hydroxylation sites is 1. The summed E-state index contributed by atoms with van der Waals surface area (Å²) < 4.78 is 5.67. The van der Waals surface area contributed by atoms with Crippen LogP contribution in [-0.4, -0.2) is 30.6 Å². The molecule has 0 saturated carbocycles. The first-order chi connectivity index (χ1) is 12.2. The summed E-state index contributed by atoms with van der Waals surface area (Å²) in [5, 5.41) is 6.69. The van der Waals surface area contributed by atoms with Crippen molar-refractivity contribution < 1.29 is 4.74 Å². The summed E-state index contributed by atoms with van der Waals surface area (Å²) in [7, 11) is 0. The third-order valence-corrected chi connectivity index (χ3v) is 3.85. The highest BCUT2D eigenvalue weighted by atomic mass is 16.5. The lowest BCUT2D eigenvalue weighted by molar-refractivity contribution is 0.336. The molecule has 1 aromatic heterocycles. The molecule has 134 valence electrons. The van der Waals surface area contributed by atoms with Gasteiger partial charge in [0.15, 0.2) is 5.96 Å². The summed E-state index contributed by atoms with van der Waals surface area (Å²) in [6, 6.07) is 10.1. The van der Waals surface area contributed by atoms with Gasteiger partial charge in [-0.3, -0.25) is 4.98 Å². The molecule has 1 aromatic carbocycles. The van der Waals surface area contributed by atoms with Crippen LogP contribution in [0.15, 0.2) is 47.7 Å². The molecular formula is C20H28N4O. The molecule has 0 saturated heterocycles. The van der Waals surface area contributed by atoms with Crippen LogP contribution in [0, 0.1) is 6.92 Å². The molecular weight excluding hydrogens is 312 g/mol. The van der Waals surface area contributed by atoms with Gasteiger partial charge < -0.3 is 15.4 Å². The molecule has 5 nitrogen and oxygen atoms in total. The molecule has 0 bridgehead atoms. The van der Waals surface area contributed by atoms with E-state index in [2.05, 4.69) is 46.6 Å². The van der Waals surface area contributed by atoms with Crippen molar-refractivity contribution >= 4 is 5.96 Å². The molecule has 0 spiro atoms. The van der Waals surface area contributed by atoms with Gasteiger partial charge in [-0.05, 0) is 50.5 Å². The molecule has 0 fully saturated rings. The maximum atomic E-state index is 5.67. The minimum Gasteiger partial charge on any atom is -0.494 e. The van der Waals surface area contributed by atoms with Crippen LogP contribution in [0.5, 0.6) is 5.75 Å². The lowest BCUT2D eigenvalue weighted by Gasteiger charge is -2.13. The smallest absolute Gasteiger partial charge is 0.191 e. The topological polar surface area (TPSA) is 58.5 Å². The van der Waals surface area contributed by atoms with E-state index in [1.165, 1.54) is 11.1 Å². The summed E-state index contributed by atoms with van der Waals surface area (Å²) in [5.41, 5.74) is 3.61. The van der Waals surface area contributed by atoms with Gasteiger partial charge in [-0.25, -0.2) is 4.99 Å². The average Bonchev–Trinajstić information content (AvgIpc) is 2.62. The van der Waals surface area contributed by atoms with Crippen molar-refractivity contribution in [2.24, 2.45) is 4.99 Å². The van der Waals surface area contributed by atoms with Crippen LogP contribution in [0.2, 0.25) is 0 Å². The molecule has 2 aromatic rings. The first-order valence-corrected chi connectivity index (χ1v) is 8.87. The van der Waals surface area contributed by atoms with E-state index in [1.54, 1.807) is 0 Å². The standard InChI is InChI=1S/C20H28N4O/c1-4-22-20(23-13-11-17-10-12-21-14-16(17)3)24-15-18-8-6-7-9-19(18)25-5-2/h6-10,12,14H,4-5,11,13,15H2,1-3H3,(H2,22,23,24). The first kappa shape index (κ1) is 18.8. The number of aromatic nitrogens is 1. The maximum absolute atomic E-state index is 5.67. The fraction of sp³-hybridized carbons (Fsp3) is 0.400. The van der Waals surface area contributed by atoms with Crippen LogP contribution >= 0.6 is 0 Å². The molecule has 0 atom stereocenters. The van der Waals surface area contributed by atoms with E-state index in [-0.39, 0.29) is 0 Å². The molecule has 0 aliphatic heterocycles. The van der Waals surface area contributed by atoms with E-state index in [4.69, 9.17) is 4.74 Å². The highest BCUT2D eigenvalue weighted by Gasteiger charge is 2.03. The van der Waals surface area contributed by atoms with E-state index in [9.17, 15) is 0 Å². The minimum atomic E-state index is 0.583. The van der Waals surface area contributed by atoms with Crippen LogP contribution in [0.25, 0.3) is 0 Å². The number of nitrogens with zero attached hydrogens (tertiary/aromatic N) is 2. The van der Waals surface area contributed by atoms with Gasteiger partial charge in [0.25, 0.3) is 0 Å². The normalized spacial score (nSPS) is 11.2. The van der Waals surface area contributed by atoms with Gasteiger partial charge in [-0.2, -0.15) is 0 Å². The number of rotatable bonds is 8. The Morgan fingerprint density at radius 3 is 2.72 bits per heavy atom. The lowest BCUT2D eigenvalue weighted by Crippen LogP contribution is -2.38. The Labute approximate surface area is 150 Å². The molecule has 0 unspecified atom stereocenters. The van der Waals surface area contributed by atoms with E-state index >= 15 is 0 Å². The molecule has 0 amide bonds. The van der Waals surface area contributed by atoms with Crippen molar-refractivity contribution in [2.75, 3.05) is 19.7 Å². The zero-order valence-electron chi connectivity index (χ0n) is 15.4. The highest BCUT2D eigenvalue weighted by Crippen LogP contribution is 2.18. The van der Waals surface area contributed by atoms with Crippen LogP contribution in [0.1, 0.15) is 30.5 Å². The number of hydrogen-bond acceptors (Lipinski definition) is 3. The summed E-state index contributed by atoms with van der Waals surface area (Å²) in [5.74, 6) is 1.72. The van der Waals surface area contributed by atoms with Crippen LogP contribution in [-0.2, 0) is 13.0 Å². The number of aryl methyl sites for hydroxylation is 1. The number of pyridine rings is 1. The van der Waals surface area contributed by atoms with Gasteiger partial charge in [0.05, 0.1) is 13.2 Å². The SMILES string of the molecule is CCNC(=NCc1ccccc1OCC)NCCc1ccncc1C. The Kier molecular flexibility index (Phi) is 7.76. The number of aliphatic imine (C=N–C) groups is 1. The van der Waals surface area contributed by atoms with Gasteiger partial charge in [0, 0.05) is 31.0 Å². The van der Waals surface area contributed by atoms with Crippen LogP contribution in [0.4, 0.5) is 0 Å². The van der Waals surface area contributed by atoms with Gasteiger partial charge in [0.2, 0.25) is 0 Å². The third kappa shape index (κ3) is 6.10. The van der Waals surface area contributed by atoms with E-state index < -0.39 is 0 Å². The maximum Gasteiger partial charge on any atom is 0.191 e. The van der Waals surface area contributed by atoms with Crippen molar-refractivity contribution in [3.8, 4) is 5.75 Å². The second-order valence-electron chi connectivity index (χ2n) is 5.71. The largest absolute Gasteiger partial charge is 0.494 e. The summed E-state index contributed by atoms with van der Waals surface area (Å²) in [4.78, 5) is 8.82. The minimum absolute atomic E-state index is 0.583. The molecule has 5 heteroatoms. The lowest BCUT2D eigenvalue weighted by atomic mass is 10.1. The molecule has 0 aliphatic carbocycles. The van der Waals surface area contributed by atoms with E-state index in [0.29, 0.717) is 13.2 Å². The first-order valence-electron chi connectivity index (χ1n) is 8.87. The Bertz CT molecular complexity index is 685.